The fourth-order valence-corrected chi connectivity index (χ4v) is 1.71. The summed E-state index contributed by atoms with van der Waals surface area (Å²) in [6.45, 7) is 14.2. The van der Waals surface area contributed by atoms with E-state index in [1.165, 1.54) is 30.7 Å². The van der Waals surface area contributed by atoms with Crippen LogP contribution >= 0.6 is 0 Å². The van der Waals surface area contributed by atoms with Crippen LogP contribution in [-0.2, 0) is 0 Å². The largest absolute Gasteiger partial charge is 0.325 e. The predicted molar refractivity (Wildman–Crippen MR) is 76.4 cm³/mol. The molecule has 0 aromatic carbocycles. The summed E-state index contributed by atoms with van der Waals surface area (Å²) in [5.74, 6) is -1.01. The minimum atomic E-state index is -1.01. The van der Waals surface area contributed by atoms with Gasteiger partial charge in [0.05, 0.1) is 38.3 Å². The first-order valence-corrected chi connectivity index (χ1v) is 6.69. The quantitative estimate of drug-likeness (QED) is 0.567. The molecule has 106 valence electrons. The molecular weight excluding hydrogens is 250 g/mol. The SMILES string of the molecule is CC[N+](CC)(CC)CC.N#CC(C#N)=CC(C#N)C#N. The standard InChI is InChI=1S/C8H20N.C7H2N4/c1-5-9(6-2,7-3)8-4;8-2-6(3-9)1-7(4-10)5-11/h5-8H2,1-4H3;1,6H/q+1;. The lowest BCUT2D eigenvalue weighted by Gasteiger charge is -2.34. The van der Waals surface area contributed by atoms with Crippen molar-refractivity contribution < 1.29 is 4.48 Å². The van der Waals surface area contributed by atoms with E-state index < -0.39 is 5.92 Å². The van der Waals surface area contributed by atoms with E-state index in [-0.39, 0.29) is 5.57 Å². The number of nitrogens with zero attached hydrogens (tertiary/aromatic N) is 5. The number of quaternary nitrogens is 1. The topological polar surface area (TPSA) is 95.2 Å². The second-order valence-corrected chi connectivity index (χ2v) is 4.15. The molecule has 0 heterocycles. The van der Waals surface area contributed by atoms with E-state index in [4.69, 9.17) is 21.0 Å². The third-order valence-electron chi connectivity index (χ3n) is 3.54. The van der Waals surface area contributed by atoms with Gasteiger partial charge in [0, 0.05) is 0 Å². The van der Waals surface area contributed by atoms with E-state index in [2.05, 4.69) is 27.7 Å². The molecular formula is C15H22N5+. The molecule has 0 spiro atoms. The second kappa shape index (κ2) is 11.7. The minimum Gasteiger partial charge on any atom is -0.325 e. The van der Waals surface area contributed by atoms with Gasteiger partial charge in [0.25, 0.3) is 0 Å². The molecule has 0 aromatic heterocycles. The summed E-state index contributed by atoms with van der Waals surface area (Å²) in [5.41, 5.74) is -0.210. The van der Waals surface area contributed by atoms with Gasteiger partial charge in [0.15, 0.2) is 5.92 Å². The highest BCUT2D eigenvalue weighted by atomic mass is 15.3. The molecule has 5 heteroatoms. The number of nitriles is 4. The third kappa shape index (κ3) is 7.17. The molecule has 5 nitrogen and oxygen atoms in total. The molecule has 0 rings (SSSR count). The molecule has 20 heavy (non-hydrogen) atoms. The molecule has 0 aliphatic carbocycles. The van der Waals surface area contributed by atoms with Crippen LogP contribution in [0.5, 0.6) is 0 Å². The number of hydrogen-bond acceptors (Lipinski definition) is 4. The first kappa shape index (κ1) is 20.0. The third-order valence-corrected chi connectivity index (χ3v) is 3.54. The maximum Gasteiger partial charge on any atom is 0.153 e. The number of hydrogen-bond donors (Lipinski definition) is 0. The zero-order valence-corrected chi connectivity index (χ0v) is 12.7. The van der Waals surface area contributed by atoms with Gasteiger partial charge in [-0.25, -0.2) is 0 Å². The van der Waals surface area contributed by atoms with Crippen LogP contribution in [0.15, 0.2) is 11.6 Å². The summed E-state index contributed by atoms with van der Waals surface area (Å²) < 4.78 is 1.28. The van der Waals surface area contributed by atoms with Crippen molar-refractivity contribution in [3.05, 3.63) is 11.6 Å². The van der Waals surface area contributed by atoms with Crippen molar-refractivity contribution in [3.63, 3.8) is 0 Å². The Bertz CT molecular complexity index is 413. The molecule has 0 atom stereocenters. The molecule has 0 bridgehead atoms. The molecule has 0 unspecified atom stereocenters. The molecule has 0 aliphatic heterocycles. The summed E-state index contributed by atoms with van der Waals surface area (Å²) in [7, 11) is 0. The van der Waals surface area contributed by atoms with Crippen LogP contribution in [-0.4, -0.2) is 30.7 Å². The maximum absolute atomic E-state index is 8.23. The van der Waals surface area contributed by atoms with Crippen molar-refractivity contribution in [1.29, 1.82) is 21.0 Å². The summed E-state index contributed by atoms with van der Waals surface area (Å²) in [6.07, 6.45) is 1.03. The number of rotatable bonds is 5. The van der Waals surface area contributed by atoms with Crippen LogP contribution in [0.2, 0.25) is 0 Å². The lowest BCUT2D eigenvalue weighted by molar-refractivity contribution is -0.921. The minimum absolute atomic E-state index is 0.210. The smallest absolute Gasteiger partial charge is 0.153 e. The molecule has 0 aliphatic rings. The molecule has 0 N–H and O–H groups in total. The van der Waals surface area contributed by atoms with E-state index in [0.717, 1.165) is 6.08 Å². The van der Waals surface area contributed by atoms with E-state index in [0.29, 0.717) is 0 Å². The van der Waals surface area contributed by atoms with Gasteiger partial charge in [-0.05, 0) is 33.8 Å². The van der Waals surface area contributed by atoms with Crippen molar-refractivity contribution >= 4 is 0 Å². The Hall–Kier alpha value is -2.34. The van der Waals surface area contributed by atoms with Crippen LogP contribution in [0.4, 0.5) is 0 Å². The van der Waals surface area contributed by atoms with Crippen molar-refractivity contribution in [2.24, 2.45) is 5.92 Å². The van der Waals surface area contributed by atoms with Gasteiger partial charge in [-0.3, -0.25) is 0 Å². The Kier molecular flexibility index (Phi) is 11.7. The van der Waals surface area contributed by atoms with Crippen molar-refractivity contribution in [3.8, 4) is 24.3 Å². The Morgan fingerprint density at radius 1 is 0.850 bits per heavy atom. The van der Waals surface area contributed by atoms with Gasteiger partial charge in [0.2, 0.25) is 0 Å². The van der Waals surface area contributed by atoms with Gasteiger partial charge >= 0.3 is 0 Å². The van der Waals surface area contributed by atoms with E-state index >= 15 is 0 Å². The average Bonchev–Trinajstić information content (AvgIpc) is 2.52. The fourth-order valence-electron chi connectivity index (χ4n) is 1.71. The zero-order valence-electron chi connectivity index (χ0n) is 12.7. The first-order chi connectivity index (χ1) is 9.52. The van der Waals surface area contributed by atoms with Gasteiger partial charge in [-0.15, -0.1) is 0 Å². The van der Waals surface area contributed by atoms with Crippen molar-refractivity contribution in [2.45, 2.75) is 27.7 Å². The molecule has 0 amide bonds. The molecule has 0 saturated heterocycles. The maximum atomic E-state index is 8.23. The van der Waals surface area contributed by atoms with Crippen molar-refractivity contribution in [1.82, 2.24) is 0 Å². The van der Waals surface area contributed by atoms with Gasteiger partial charge in [0.1, 0.15) is 17.7 Å². The molecule has 0 radical (unpaired) electrons. The van der Waals surface area contributed by atoms with Crippen LogP contribution in [0.1, 0.15) is 27.7 Å². The van der Waals surface area contributed by atoms with Gasteiger partial charge in [-0.1, -0.05) is 0 Å². The normalized spacial score (nSPS) is 9.05. The van der Waals surface area contributed by atoms with Crippen LogP contribution < -0.4 is 0 Å². The summed E-state index contributed by atoms with van der Waals surface area (Å²) in [5, 5.41) is 32.9. The Balaban J connectivity index is 0. The van der Waals surface area contributed by atoms with Crippen LogP contribution in [0, 0.1) is 51.2 Å². The highest BCUT2D eigenvalue weighted by Crippen LogP contribution is 2.03. The monoisotopic (exact) mass is 272 g/mol. The summed E-state index contributed by atoms with van der Waals surface area (Å²) in [4.78, 5) is 0. The van der Waals surface area contributed by atoms with Gasteiger partial charge in [-0.2, -0.15) is 21.0 Å². The average molecular weight is 272 g/mol. The lowest BCUT2D eigenvalue weighted by Crippen LogP contribution is -2.47. The first-order valence-electron chi connectivity index (χ1n) is 6.69. The molecule has 0 aromatic rings. The molecule has 0 fully saturated rings. The Morgan fingerprint density at radius 3 is 1.35 bits per heavy atom. The van der Waals surface area contributed by atoms with Crippen LogP contribution in [0.25, 0.3) is 0 Å². The zero-order chi connectivity index (χ0) is 16.0. The lowest BCUT2D eigenvalue weighted by atomic mass is 10.1. The Labute approximate surface area is 122 Å². The fraction of sp³-hybridized carbons (Fsp3) is 0.600. The van der Waals surface area contributed by atoms with E-state index in [1.54, 1.807) is 24.3 Å². The van der Waals surface area contributed by atoms with E-state index in [9.17, 15) is 0 Å². The van der Waals surface area contributed by atoms with Crippen LogP contribution in [0.3, 0.4) is 0 Å². The molecule has 0 saturated carbocycles. The predicted octanol–water partition coefficient (Wildman–Crippen LogP) is 2.51. The van der Waals surface area contributed by atoms with Gasteiger partial charge < -0.3 is 4.48 Å². The highest BCUT2D eigenvalue weighted by molar-refractivity contribution is 5.37. The summed E-state index contributed by atoms with van der Waals surface area (Å²) >= 11 is 0. The second-order valence-electron chi connectivity index (χ2n) is 4.15. The highest BCUT2D eigenvalue weighted by Gasteiger charge is 2.16. The Morgan fingerprint density at radius 2 is 1.20 bits per heavy atom. The van der Waals surface area contributed by atoms with E-state index in [1.807, 2.05) is 0 Å². The number of allylic oxidation sites excluding steroid dienone is 2. The van der Waals surface area contributed by atoms with Crippen molar-refractivity contribution in [2.75, 3.05) is 26.2 Å². The summed E-state index contributed by atoms with van der Waals surface area (Å²) in [6, 6.07) is 6.32.